The van der Waals surface area contributed by atoms with E-state index >= 15 is 0 Å². The van der Waals surface area contributed by atoms with Crippen molar-refractivity contribution < 1.29 is 9.90 Å². The Kier molecular flexibility index (Phi) is 2.28. The molecule has 0 radical (unpaired) electrons. The molecule has 6 heteroatoms. The van der Waals surface area contributed by atoms with Crippen molar-refractivity contribution in [3.63, 3.8) is 0 Å². The van der Waals surface area contributed by atoms with Crippen LogP contribution in [0.25, 0.3) is 0 Å². The van der Waals surface area contributed by atoms with Gasteiger partial charge in [0.1, 0.15) is 5.82 Å². The van der Waals surface area contributed by atoms with E-state index in [0.717, 1.165) is 29.2 Å². The zero-order valence-electron chi connectivity index (χ0n) is 7.36. The van der Waals surface area contributed by atoms with Crippen molar-refractivity contribution in [2.75, 3.05) is 11.5 Å². The topological polar surface area (TPSA) is 89.1 Å². The highest BCUT2D eigenvalue weighted by molar-refractivity contribution is 7.98. The molecule has 3 N–H and O–H groups in total. The summed E-state index contributed by atoms with van der Waals surface area (Å²) in [7, 11) is 0. The average molecular weight is 211 g/mol. The largest absolute Gasteiger partial charge is 0.475 e. The third-order valence-electron chi connectivity index (χ3n) is 2.05. The lowest BCUT2D eigenvalue weighted by atomic mass is 10.2. The van der Waals surface area contributed by atoms with Gasteiger partial charge >= 0.3 is 5.97 Å². The molecule has 0 aliphatic carbocycles. The van der Waals surface area contributed by atoms with Crippen LogP contribution in [0.4, 0.5) is 5.82 Å². The number of aromatic nitrogens is 2. The minimum absolute atomic E-state index is 0.201. The zero-order valence-corrected chi connectivity index (χ0v) is 8.17. The first-order valence-electron chi connectivity index (χ1n) is 4.15. The third kappa shape index (κ3) is 1.52. The molecule has 5 nitrogen and oxygen atoms in total. The Bertz CT molecular complexity index is 394. The molecule has 1 aliphatic rings. The fraction of sp³-hybridized carbons (Fsp3) is 0.375. The molecule has 1 aromatic rings. The normalized spacial score (nSPS) is 14.9. The van der Waals surface area contributed by atoms with Gasteiger partial charge in [-0.05, 0) is 12.2 Å². The maximum Gasteiger partial charge on any atom is 0.374 e. The number of nitrogens with two attached hydrogens (primary N) is 1. The first-order chi connectivity index (χ1) is 6.68. The Morgan fingerprint density at radius 3 is 3.00 bits per heavy atom. The molecule has 0 aromatic carbocycles. The summed E-state index contributed by atoms with van der Waals surface area (Å²) >= 11 is 1.76. The second kappa shape index (κ2) is 3.45. The number of carboxylic acids is 1. The van der Waals surface area contributed by atoms with Crippen LogP contribution in [0.5, 0.6) is 0 Å². The van der Waals surface area contributed by atoms with Crippen molar-refractivity contribution in [1.29, 1.82) is 0 Å². The maximum atomic E-state index is 10.7. The number of carbonyl (C=O) groups is 1. The Morgan fingerprint density at radius 2 is 2.29 bits per heavy atom. The molecule has 0 spiro atoms. The summed E-state index contributed by atoms with van der Waals surface area (Å²) in [6.07, 6.45) is 0.771. The number of rotatable bonds is 1. The molecular weight excluding hydrogens is 202 g/mol. The average Bonchev–Trinajstić information content (AvgIpc) is 2.17. The number of thioether (sulfide) groups is 1. The highest BCUT2D eigenvalue weighted by Crippen LogP contribution is 2.26. The molecule has 0 atom stereocenters. The summed E-state index contributed by atoms with van der Waals surface area (Å²) < 4.78 is 0. The summed E-state index contributed by atoms with van der Waals surface area (Å²) in [5.41, 5.74) is 7.33. The van der Waals surface area contributed by atoms with Crippen molar-refractivity contribution in [2.24, 2.45) is 0 Å². The number of hydrogen-bond acceptors (Lipinski definition) is 5. The summed E-state index contributed by atoms with van der Waals surface area (Å²) in [6.45, 7) is 0. The molecule has 1 aliphatic heterocycles. The molecule has 0 bridgehead atoms. The predicted octanol–water partition coefficient (Wildman–Crippen LogP) is 0.546. The van der Waals surface area contributed by atoms with Gasteiger partial charge < -0.3 is 10.8 Å². The first kappa shape index (κ1) is 9.26. The molecule has 14 heavy (non-hydrogen) atoms. The number of nitrogen functional groups attached to an aromatic ring is 1. The second-order valence-electron chi connectivity index (χ2n) is 2.97. The standard InChI is InChI=1S/C8H9N3O2S/c9-6-4-3-14-2-1-5(4)10-7(11-6)8(12)13/h1-3H2,(H,12,13)(H2,9,10,11). The van der Waals surface area contributed by atoms with Crippen LogP contribution in [0, 0.1) is 0 Å². The summed E-state index contributed by atoms with van der Waals surface area (Å²) in [5, 5.41) is 8.73. The number of fused-ring (bicyclic) bond motifs is 1. The van der Waals surface area contributed by atoms with Crippen LogP contribution < -0.4 is 5.73 Å². The molecule has 0 amide bonds. The van der Waals surface area contributed by atoms with Crippen molar-refractivity contribution >= 4 is 23.5 Å². The zero-order chi connectivity index (χ0) is 10.1. The molecule has 0 saturated carbocycles. The van der Waals surface area contributed by atoms with E-state index in [9.17, 15) is 4.79 Å². The van der Waals surface area contributed by atoms with Gasteiger partial charge in [0.05, 0.1) is 5.69 Å². The maximum absolute atomic E-state index is 10.7. The quantitative estimate of drug-likeness (QED) is 0.705. The SMILES string of the molecule is Nc1nc(C(=O)O)nc2c1CSCC2. The molecule has 0 saturated heterocycles. The fourth-order valence-corrected chi connectivity index (χ4v) is 2.35. The van der Waals surface area contributed by atoms with Crippen LogP contribution in [0.1, 0.15) is 21.9 Å². The lowest BCUT2D eigenvalue weighted by molar-refractivity contribution is 0.0683. The van der Waals surface area contributed by atoms with E-state index < -0.39 is 5.97 Å². The minimum Gasteiger partial charge on any atom is -0.475 e. The van der Waals surface area contributed by atoms with E-state index in [0.29, 0.717) is 5.82 Å². The van der Waals surface area contributed by atoms with Crippen molar-refractivity contribution in [2.45, 2.75) is 12.2 Å². The Morgan fingerprint density at radius 1 is 1.50 bits per heavy atom. The molecule has 1 aromatic heterocycles. The molecule has 74 valence electrons. The highest BCUT2D eigenvalue weighted by atomic mass is 32.2. The van der Waals surface area contributed by atoms with Crippen LogP contribution >= 0.6 is 11.8 Å². The Hall–Kier alpha value is -1.30. The van der Waals surface area contributed by atoms with E-state index in [1.165, 1.54) is 0 Å². The van der Waals surface area contributed by atoms with Gasteiger partial charge in [0, 0.05) is 11.3 Å². The van der Waals surface area contributed by atoms with Gasteiger partial charge in [-0.25, -0.2) is 14.8 Å². The number of aryl methyl sites for hydroxylation is 1. The number of anilines is 1. The monoisotopic (exact) mass is 211 g/mol. The van der Waals surface area contributed by atoms with Gasteiger partial charge in [0.15, 0.2) is 0 Å². The van der Waals surface area contributed by atoms with E-state index in [2.05, 4.69) is 9.97 Å². The lowest BCUT2D eigenvalue weighted by Gasteiger charge is -2.15. The Balaban J connectivity index is 2.51. The number of carboxylic acid groups (broad SMARTS) is 1. The van der Waals surface area contributed by atoms with Crippen LogP contribution in [0.3, 0.4) is 0 Å². The van der Waals surface area contributed by atoms with Crippen molar-refractivity contribution in [3.8, 4) is 0 Å². The molecule has 2 heterocycles. The second-order valence-corrected chi connectivity index (χ2v) is 4.07. The molecular formula is C8H9N3O2S. The van der Waals surface area contributed by atoms with Crippen molar-refractivity contribution in [1.82, 2.24) is 9.97 Å². The van der Waals surface area contributed by atoms with E-state index in [4.69, 9.17) is 10.8 Å². The smallest absolute Gasteiger partial charge is 0.374 e. The lowest BCUT2D eigenvalue weighted by Crippen LogP contribution is -2.15. The van der Waals surface area contributed by atoms with E-state index in [1.807, 2.05) is 0 Å². The minimum atomic E-state index is -1.13. The van der Waals surface area contributed by atoms with Gasteiger partial charge in [-0.1, -0.05) is 0 Å². The molecule has 2 rings (SSSR count). The van der Waals surface area contributed by atoms with E-state index in [-0.39, 0.29) is 5.82 Å². The van der Waals surface area contributed by atoms with Crippen LogP contribution in [0.2, 0.25) is 0 Å². The molecule has 0 unspecified atom stereocenters. The van der Waals surface area contributed by atoms with Gasteiger partial charge in [0.25, 0.3) is 0 Å². The van der Waals surface area contributed by atoms with Crippen LogP contribution in [0.15, 0.2) is 0 Å². The fourth-order valence-electron chi connectivity index (χ4n) is 1.35. The third-order valence-corrected chi connectivity index (χ3v) is 3.03. The van der Waals surface area contributed by atoms with Gasteiger partial charge in [0.2, 0.25) is 5.82 Å². The Labute approximate surface area is 84.7 Å². The number of nitrogens with zero attached hydrogens (tertiary/aromatic N) is 2. The van der Waals surface area contributed by atoms with E-state index in [1.54, 1.807) is 11.8 Å². The van der Waals surface area contributed by atoms with Crippen LogP contribution in [-0.2, 0) is 12.2 Å². The van der Waals surface area contributed by atoms with Gasteiger partial charge in [-0.15, -0.1) is 0 Å². The van der Waals surface area contributed by atoms with Gasteiger partial charge in [-0.2, -0.15) is 11.8 Å². The van der Waals surface area contributed by atoms with Crippen LogP contribution in [-0.4, -0.2) is 26.8 Å². The summed E-state index contributed by atoms with van der Waals surface area (Å²) in [6, 6.07) is 0. The van der Waals surface area contributed by atoms with Crippen molar-refractivity contribution in [3.05, 3.63) is 17.1 Å². The number of hydrogen-bond donors (Lipinski definition) is 2. The number of aromatic carboxylic acids is 1. The predicted molar refractivity (Wildman–Crippen MR) is 53.3 cm³/mol. The summed E-state index contributed by atoms with van der Waals surface area (Å²) in [5.74, 6) is 0.717. The summed E-state index contributed by atoms with van der Waals surface area (Å²) in [4.78, 5) is 18.4. The van der Waals surface area contributed by atoms with Gasteiger partial charge in [-0.3, -0.25) is 0 Å². The highest BCUT2D eigenvalue weighted by Gasteiger charge is 2.18. The molecule has 0 fully saturated rings. The first-order valence-corrected chi connectivity index (χ1v) is 5.30.